The fourth-order valence-corrected chi connectivity index (χ4v) is 2.65. The van der Waals surface area contributed by atoms with Crippen LogP contribution in [0.3, 0.4) is 0 Å². The Labute approximate surface area is 107 Å². The van der Waals surface area contributed by atoms with Gasteiger partial charge in [0.25, 0.3) is 5.91 Å². The summed E-state index contributed by atoms with van der Waals surface area (Å²) in [6.45, 7) is -0.139. The zero-order valence-electron chi connectivity index (χ0n) is 9.71. The number of pyridine rings is 1. The second-order valence-electron chi connectivity index (χ2n) is 3.83. The number of nitrogen functional groups attached to an aromatic ring is 1. The van der Waals surface area contributed by atoms with Gasteiger partial charge in [0, 0.05) is 18.6 Å². The minimum absolute atomic E-state index is 0.139. The van der Waals surface area contributed by atoms with Gasteiger partial charge in [-0.1, -0.05) is 0 Å². The molecular formula is C11H12N4O2S. The summed E-state index contributed by atoms with van der Waals surface area (Å²) in [6, 6.07) is 3.56. The van der Waals surface area contributed by atoms with Crippen molar-refractivity contribution >= 4 is 39.1 Å². The standard InChI is InChI=1S/C11H12N4O2S/c1-15(5-7(12)16)11(17)9-8(13)6-3-2-4-14-10(6)18-9/h2-4H,5,13H2,1H3,(H2,12,16). The van der Waals surface area contributed by atoms with E-state index in [1.54, 1.807) is 18.3 Å². The molecule has 0 aliphatic heterocycles. The van der Waals surface area contributed by atoms with Crippen LogP contribution in [0.15, 0.2) is 18.3 Å². The fourth-order valence-electron chi connectivity index (χ4n) is 1.59. The number of thiophene rings is 1. The molecule has 2 aromatic rings. The molecule has 0 aliphatic rings. The number of carbonyl (C=O) groups is 2. The molecule has 2 heterocycles. The average Bonchev–Trinajstić information content (AvgIpc) is 2.66. The Morgan fingerprint density at radius 2 is 2.22 bits per heavy atom. The van der Waals surface area contributed by atoms with Gasteiger partial charge < -0.3 is 16.4 Å². The van der Waals surface area contributed by atoms with E-state index >= 15 is 0 Å². The van der Waals surface area contributed by atoms with Crippen molar-refractivity contribution in [3.05, 3.63) is 23.2 Å². The highest BCUT2D eigenvalue weighted by Crippen LogP contribution is 2.32. The van der Waals surface area contributed by atoms with Gasteiger partial charge in [0.05, 0.1) is 12.2 Å². The van der Waals surface area contributed by atoms with Crippen LogP contribution < -0.4 is 11.5 Å². The van der Waals surface area contributed by atoms with Gasteiger partial charge in [-0.05, 0) is 12.1 Å². The first-order valence-electron chi connectivity index (χ1n) is 5.17. The molecule has 0 spiro atoms. The first-order valence-corrected chi connectivity index (χ1v) is 5.99. The number of primary amides is 1. The molecule has 4 N–H and O–H groups in total. The Hall–Kier alpha value is -2.15. The summed E-state index contributed by atoms with van der Waals surface area (Å²) in [4.78, 5) is 29.3. The normalized spacial score (nSPS) is 10.5. The minimum atomic E-state index is -0.566. The summed E-state index contributed by atoms with van der Waals surface area (Å²) in [6.07, 6.45) is 1.64. The van der Waals surface area contributed by atoms with E-state index in [2.05, 4.69) is 4.98 Å². The molecule has 0 fully saturated rings. The van der Waals surface area contributed by atoms with Crippen molar-refractivity contribution in [2.75, 3.05) is 19.3 Å². The number of anilines is 1. The highest BCUT2D eigenvalue weighted by atomic mass is 32.1. The third-order valence-electron chi connectivity index (χ3n) is 2.44. The van der Waals surface area contributed by atoms with E-state index in [1.807, 2.05) is 0 Å². The minimum Gasteiger partial charge on any atom is -0.397 e. The van der Waals surface area contributed by atoms with Gasteiger partial charge in [-0.15, -0.1) is 11.3 Å². The number of nitrogens with two attached hydrogens (primary N) is 2. The number of aromatic nitrogens is 1. The van der Waals surface area contributed by atoms with E-state index in [-0.39, 0.29) is 12.5 Å². The second kappa shape index (κ2) is 4.61. The molecule has 2 rings (SSSR count). The molecule has 18 heavy (non-hydrogen) atoms. The van der Waals surface area contributed by atoms with Gasteiger partial charge in [0.1, 0.15) is 9.71 Å². The first-order chi connectivity index (χ1) is 8.50. The second-order valence-corrected chi connectivity index (χ2v) is 4.83. The Kier molecular flexibility index (Phi) is 3.15. The summed E-state index contributed by atoms with van der Waals surface area (Å²) in [5.41, 5.74) is 11.4. The highest BCUT2D eigenvalue weighted by Gasteiger charge is 2.20. The lowest BCUT2D eigenvalue weighted by molar-refractivity contribution is -0.118. The van der Waals surface area contributed by atoms with Gasteiger partial charge in [-0.3, -0.25) is 9.59 Å². The smallest absolute Gasteiger partial charge is 0.266 e. The number of carbonyl (C=O) groups excluding carboxylic acids is 2. The molecule has 0 radical (unpaired) electrons. The molecule has 0 saturated carbocycles. The maximum absolute atomic E-state index is 12.1. The van der Waals surface area contributed by atoms with Crippen molar-refractivity contribution in [1.29, 1.82) is 0 Å². The van der Waals surface area contributed by atoms with Gasteiger partial charge in [0.2, 0.25) is 5.91 Å². The Balaban J connectivity index is 2.39. The van der Waals surface area contributed by atoms with Crippen molar-refractivity contribution in [2.24, 2.45) is 5.73 Å². The Morgan fingerprint density at radius 3 is 2.83 bits per heavy atom. The van der Waals surface area contributed by atoms with Crippen molar-refractivity contribution in [3.8, 4) is 0 Å². The maximum Gasteiger partial charge on any atom is 0.266 e. The van der Waals surface area contributed by atoms with E-state index in [0.717, 1.165) is 5.39 Å². The molecule has 94 valence electrons. The predicted octanol–water partition coefficient (Wildman–Crippen LogP) is 0.436. The van der Waals surface area contributed by atoms with E-state index in [1.165, 1.54) is 23.3 Å². The topological polar surface area (TPSA) is 102 Å². The van der Waals surface area contributed by atoms with Crippen LogP contribution in [0.5, 0.6) is 0 Å². The summed E-state index contributed by atoms with van der Waals surface area (Å²) in [7, 11) is 1.50. The lowest BCUT2D eigenvalue weighted by atomic mass is 10.2. The molecule has 0 aliphatic carbocycles. The van der Waals surface area contributed by atoms with Gasteiger partial charge in [-0.2, -0.15) is 0 Å². The van der Waals surface area contributed by atoms with Gasteiger partial charge in [0.15, 0.2) is 0 Å². The summed E-state index contributed by atoms with van der Waals surface area (Å²) in [5.74, 6) is -0.891. The molecule has 0 saturated heterocycles. The molecule has 2 amide bonds. The number of likely N-dealkylation sites (N-methyl/N-ethyl adjacent to an activating group) is 1. The largest absolute Gasteiger partial charge is 0.397 e. The number of fused-ring (bicyclic) bond motifs is 1. The Morgan fingerprint density at radius 1 is 1.50 bits per heavy atom. The predicted molar refractivity (Wildman–Crippen MR) is 70.2 cm³/mol. The zero-order chi connectivity index (χ0) is 13.3. The molecule has 7 heteroatoms. The van der Waals surface area contributed by atoms with E-state index in [4.69, 9.17) is 11.5 Å². The monoisotopic (exact) mass is 264 g/mol. The van der Waals surface area contributed by atoms with Crippen molar-refractivity contribution < 1.29 is 9.59 Å². The molecule has 0 aromatic carbocycles. The van der Waals surface area contributed by atoms with E-state index in [0.29, 0.717) is 15.4 Å². The molecule has 2 aromatic heterocycles. The van der Waals surface area contributed by atoms with Crippen LogP contribution in [0.2, 0.25) is 0 Å². The van der Waals surface area contributed by atoms with Crippen molar-refractivity contribution in [3.63, 3.8) is 0 Å². The quantitative estimate of drug-likeness (QED) is 0.839. The van der Waals surface area contributed by atoms with Gasteiger partial charge in [-0.25, -0.2) is 4.98 Å². The number of nitrogens with zero attached hydrogens (tertiary/aromatic N) is 2. The van der Waals surface area contributed by atoms with Crippen LogP contribution in [-0.2, 0) is 4.79 Å². The molecule has 0 atom stereocenters. The third-order valence-corrected chi connectivity index (χ3v) is 3.56. The number of rotatable bonds is 3. The Bertz CT molecular complexity index is 623. The molecular weight excluding hydrogens is 252 g/mol. The molecule has 0 bridgehead atoms. The number of hydrogen-bond acceptors (Lipinski definition) is 5. The summed E-state index contributed by atoms with van der Waals surface area (Å²) >= 11 is 1.21. The first kappa shape index (κ1) is 12.3. The van der Waals surface area contributed by atoms with Crippen molar-refractivity contribution in [1.82, 2.24) is 9.88 Å². The van der Waals surface area contributed by atoms with Gasteiger partial charge >= 0.3 is 0 Å². The lowest BCUT2D eigenvalue weighted by Crippen LogP contribution is -2.35. The number of hydrogen-bond donors (Lipinski definition) is 2. The van der Waals surface area contributed by atoms with Crippen LogP contribution >= 0.6 is 11.3 Å². The maximum atomic E-state index is 12.1. The zero-order valence-corrected chi connectivity index (χ0v) is 10.5. The highest BCUT2D eigenvalue weighted by molar-refractivity contribution is 7.21. The SMILES string of the molecule is CN(CC(N)=O)C(=O)c1sc2ncccc2c1N. The van der Waals surface area contributed by atoms with Crippen LogP contribution in [0.4, 0.5) is 5.69 Å². The van der Waals surface area contributed by atoms with Crippen LogP contribution in [0.1, 0.15) is 9.67 Å². The van der Waals surface area contributed by atoms with Crippen LogP contribution in [0, 0.1) is 0 Å². The van der Waals surface area contributed by atoms with Crippen LogP contribution in [-0.4, -0.2) is 35.3 Å². The summed E-state index contributed by atoms with van der Waals surface area (Å²) in [5, 5.41) is 0.748. The van der Waals surface area contributed by atoms with Crippen molar-refractivity contribution in [2.45, 2.75) is 0 Å². The fraction of sp³-hybridized carbons (Fsp3) is 0.182. The number of amides is 2. The third kappa shape index (κ3) is 2.12. The average molecular weight is 264 g/mol. The lowest BCUT2D eigenvalue weighted by Gasteiger charge is -2.13. The molecule has 0 unspecified atom stereocenters. The van der Waals surface area contributed by atoms with Crippen LogP contribution in [0.25, 0.3) is 10.2 Å². The molecule has 6 nitrogen and oxygen atoms in total. The van der Waals surface area contributed by atoms with E-state index < -0.39 is 5.91 Å². The van der Waals surface area contributed by atoms with E-state index in [9.17, 15) is 9.59 Å². The summed E-state index contributed by atoms with van der Waals surface area (Å²) < 4.78 is 0.